The van der Waals surface area contributed by atoms with E-state index >= 15 is 0 Å². The molecule has 1 saturated carbocycles. The second-order valence-corrected chi connectivity index (χ2v) is 4.81. The highest BCUT2D eigenvalue weighted by molar-refractivity contribution is 5.75. The van der Waals surface area contributed by atoms with Crippen molar-refractivity contribution in [2.75, 3.05) is 0 Å². The van der Waals surface area contributed by atoms with Gasteiger partial charge in [-0.25, -0.2) is 0 Å². The van der Waals surface area contributed by atoms with Crippen molar-refractivity contribution in [2.45, 2.75) is 44.7 Å². The number of carbonyl (C=O) groups is 1. The van der Waals surface area contributed by atoms with Crippen LogP contribution in [0.3, 0.4) is 0 Å². The average molecular weight is 169 g/mol. The average Bonchev–Trinajstić information content (AvgIpc) is 2.36. The molecule has 0 aromatic carbocycles. The van der Waals surface area contributed by atoms with E-state index in [1.54, 1.807) is 0 Å². The van der Waals surface area contributed by atoms with Crippen molar-refractivity contribution in [3.05, 3.63) is 0 Å². The van der Waals surface area contributed by atoms with Crippen molar-refractivity contribution in [2.24, 2.45) is 5.41 Å². The van der Waals surface area contributed by atoms with Crippen LogP contribution in [0, 0.1) is 5.41 Å². The van der Waals surface area contributed by atoms with E-state index in [9.17, 15) is 4.79 Å². The molecule has 2 fully saturated rings. The Kier molecular flexibility index (Phi) is 1.35. The minimum atomic E-state index is -0.694. The molecule has 0 spiro atoms. The maximum absolute atomic E-state index is 10.9. The standard InChI is InChI=1S/C9H15NO2/c1-8-3-4-9(2,5-8)10-6(8)7(11)12/h6,10H,3-5H2,1-2H3,(H,11,12)/t6-,8+,9-/m1/s1. The first-order valence-electron chi connectivity index (χ1n) is 4.46. The summed E-state index contributed by atoms with van der Waals surface area (Å²) in [6.45, 7) is 4.21. The molecule has 3 nitrogen and oxygen atoms in total. The third kappa shape index (κ3) is 0.891. The molecule has 3 atom stereocenters. The number of carboxylic acids is 1. The van der Waals surface area contributed by atoms with Gasteiger partial charge in [-0.15, -0.1) is 0 Å². The quantitative estimate of drug-likeness (QED) is 0.615. The summed E-state index contributed by atoms with van der Waals surface area (Å²) >= 11 is 0. The van der Waals surface area contributed by atoms with E-state index < -0.39 is 5.97 Å². The van der Waals surface area contributed by atoms with Gasteiger partial charge in [0.25, 0.3) is 0 Å². The molecule has 0 radical (unpaired) electrons. The van der Waals surface area contributed by atoms with Gasteiger partial charge in [-0.2, -0.15) is 0 Å². The predicted molar refractivity (Wildman–Crippen MR) is 44.9 cm³/mol. The Bertz CT molecular complexity index is 241. The number of piperidine rings is 1. The van der Waals surface area contributed by atoms with Crippen molar-refractivity contribution in [3.8, 4) is 0 Å². The summed E-state index contributed by atoms with van der Waals surface area (Å²) in [5.41, 5.74) is 0.0956. The Labute approximate surface area is 72.2 Å². The van der Waals surface area contributed by atoms with Crippen LogP contribution in [0.25, 0.3) is 0 Å². The molecule has 1 aliphatic carbocycles. The Morgan fingerprint density at radius 1 is 1.50 bits per heavy atom. The summed E-state index contributed by atoms with van der Waals surface area (Å²) in [6.07, 6.45) is 3.18. The first kappa shape index (κ1) is 8.05. The zero-order chi connectivity index (χ0) is 8.98. The smallest absolute Gasteiger partial charge is 0.321 e. The first-order chi connectivity index (χ1) is 5.45. The fourth-order valence-corrected chi connectivity index (χ4v) is 2.88. The van der Waals surface area contributed by atoms with Gasteiger partial charge in [0, 0.05) is 5.54 Å². The van der Waals surface area contributed by atoms with E-state index in [1.165, 1.54) is 0 Å². The third-order valence-electron chi connectivity index (χ3n) is 3.48. The molecule has 0 aromatic heterocycles. The summed E-state index contributed by atoms with van der Waals surface area (Å²) in [7, 11) is 0. The number of hydrogen-bond acceptors (Lipinski definition) is 2. The van der Waals surface area contributed by atoms with Gasteiger partial charge in [0.2, 0.25) is 0 Å². The monoisotopic (exact) mass is 169 g/mol. The number of rotatable bonds is 1. The lowest BCUT2D eigenvalue weighted by Crippen LogP contribution is -2.50. The van der Waals surface area contributed by atoms with E-state index in [1.807, 2.05) is 0 Å². The molecule has 1 aliphatic heterocycles. The fourth-order valence-electron chi connectivity index (χ4n) is 2.88. The van der Waals surface area contributed by atoms with Gasteiger partial charge in [-0.1, -0.05) is 6.92 Å². The van der Waals surface area contributed by atoms with Gasteiger partial charge in [0.15, 0.2) is 0 Å². The molecule has 0 amide bonds. The Balaban J connectivity index is 2.28. The lowest BCUT2D eigenvalue weighted by Gasteiger charge is -2.30. The van der Waals surface area contributed by atoms with E-state index in [0.717, 1.165) is 19.3 Å². The predicted octanol–water partition coefficient (Wildman–Crippen LogP) is 0.992. The number of carboxylic acid groups (broad SMARTS) is 1. The van der Waals surface area contributed by atoms with Gasteiger partial charge in [-0.05, 0) is 31.6 Å². The summed E-state index contributed by atoms with van der Waals surface area (Å²) in [5, 5.41) is 12.2. The number of hydrogen-bond donors (Lipinski definition) is 2. The fraction of sp³-hybridized carbons (Fsp3) is 0.889. The van der Waals surface area contributed by atoms with E-state index in [2.05, 4.69) is 19.2 Å². The lowest BCUT2D eigenvalue weighted by atomic mass is 9.82. The lowest BCUT2D eigenvalue weighted by molar-refractivity contribution is -0.142. The first-order valence-corrected chi connectivity index (χ1v) is 4.46. The molecular formula is C9H15NO2. The summed E-state index contributed by atoms with van der Waals surface area (Å²) < 4.78 is 0. The molecule has 12 heavy (non-hydrogen) atoms. The minimum Gasteiger partial charge on any atom is -0.480 e. The Morgan fingerprint density at radius 3 is 2.42 bits per heavy atom. The van der Waals surface area contributed by atoms with Crippen molar-refractivity contribution >= 4 is 5.97 Å². The normalized spacial score (nSPS) is 51.3. The summed E-state index contributed by atoms with van der Waals surface area (Å²) in [5.74, 6) is -0.694. The maximum Gasteiger partial charge on any atom is 0.321 e. The Morgan fingerprint density at radius 2 is 2.17 bits per heavy atom. The second-order valence-electron chi connectivity index (χ2n) is 4.81. The SMILES string of the molecule is C[C@@]12CC[C@@](C)(C1)[C@@H](C(=O)O)N2. The molecule has 2 aliphatic rings. The van der Waals surface area contributed by atoms with Crippen LogP contribution in [0.2, 0.25) is 0 Å². The van der Waals surface area contributed by atoms with Crippen LogP contribution in [-0.4, -0.2) is 22.7 Å². The van der Waals surface area contributed by atoms with Gasteiger partial charge >= 0.3 is 5.97 Å². The highest BCUT2D eigenvalue weighted by Gasteiger charge is 2.57. The molecular weight excluding hydrogens is 154 g/mol. The second kappa shape index (κ2) is 2.02. The topological polar surface area (TPSA) is 49.3 Å². The van der Waals surface area contributed by atoms with Crippen LogP contribution in [-0.2, 0) is 4.79 Å². The molecule has 1 saturated heterocycles. The van der Waals surface area contributed by atoms with E-state index in [4.69, 9.17) is 5.11 Å². The van der Waals surface area contributed by atoms with E-state index in [-0.39, 0.29) is 17.0 Å². The highest BCUT2D eigenvalue weighted by atomic mass is 16.4. The molecule has 1 heterocycles. The highest BCUT2D eigenvalue weighted by Crippen LogP contribution is 2.52. The van der Waals surface area contributed by atoms with Crippen molar-refractivity contribution in [3.63, 3.8) is 0 Å². The third-order valence-corrected chi connectivity index (χ3v) is 3.48. The summed E-state index contributed by atoms with van der Waals surface area (Å²) in [4.78, 5) is 10.9. The van der Waals surface area contributed by atoms with Gasteiger partial charge in [0.05, 0.1) is 0 Å². The van der Waals surface area contributed by atoms with E-state index in [0.29, 0.717) is 0 Å². The molecule has 0 unspecified atom stereocenters. The van der Waals surface area contributed by atoms with Gasteiger partial charge < -0.3 is 5.11 Å². The Hall–Kier alpha value is -0.570. The number of nitrogens with one attached hydrogen (secondary N) is 1. The molecule has 0 aromatic rings. The zero-order valence-corrected chi connectivity index (χ0v) is 7.55. The van der Waals surface area contributed by atoms with Gasteiger partial charge in [-0.3, -0.25) is 10.1 Å². The molecule has 2 bridgehead atoms. The molecule has 3 heteroatoms. The van der Waals surface area contributed by atoms with Crippen molar-refractivity contribution in [1.82, 2.24) is 5.32 Å². The van der Waals surface area contributed by atoms with Crippen LogP contribution >= 0.6 is 0 Å². The molecule has 2 N–H and O–H groups in total. The van der Waals surface area contributed by atoms with Crippen molar-refractivity contribution < 1.29 is 9.90 Å². The van der Waals surface area contributed by atoms with Crippen LogP contribution in [0.15, 0.2) is 0 Å². The zero-order valence-electron chi connectivity index (χ0n) is 7.55. The number of fused-ring (bicyclic) bond motifs is 2. The van der Waals surface area contributed by atoms with Crippen LogP contribution in [0.5, 0.6) is 0 Å². The van der Waals surface area contributed by atoms with Crippen LogP contribution in [0.4, 0.5) is 0 Å². The van der Waals surface area contributed by atoms with Gasteiger partial charge in [0.1, 0.15) is 6.04 Å². The van der Waals surface area contributed by atoms with Crippen LogP contribution < -0.4 is 5.32 Å². The molecule has 68 valence electrons. The van der Waals surface area contributed by atoms with Crippen LogP contribution in [0.1, 0.15) is 33.1 Å². The minimum absolute atomic E-state index is 0.000579. The summed E-state index contributed by atoms with van der Waals surface area (Å²) in [6, 6.07) is -0.323. The molecule has 2 rings (SSSR count). The largest absolute Gasteiger partial charge is 0.480 e. The number of aliphatic carboxylic acids is 1. The van der Waals surface area contributed by atoms with Crippen molar-refractivity contribution in [1.29, 1.82) is 0 Å². The maximum atomic E-state index is 10.9.